The highest BCUT2D eigenvalue weighted by Crippen LogP contribution is 2.48. The Morgan fingerprint density at radius 1 is 0.862 bits per heavy atom. The van der Waals surface area contributed by atoms with E-state index in [2.05, 4.69) is 15.9 Å². The number of carbonyl (C=O) groups is 1. The Morgan fingerprint density at radius 2 is 1.31 bits per heavy atom. The predicted molar refractivity (Wildman–Crippen MR) is 111 cm³/mol. The number of anilines is 2. The maximum atomic E-state index is 13.4. The Kier molecular flexibility index (Phi) is 4.81. The van der Waals surface area contributed by atoms with Crippen LogP contribution in [0.3, 0.4) is 0 Å². The highest BCUT2D eigenvalue weighted by molar-refractivity contribution is 9.10. The van der Waals surface area contributed by atoms with Crippen LogP contribution in [-0.2, 0) is 0 Å². The van der Waals surface area contributed by atoms with Gasteiger partial charge in [-0.25, -0.2) is 0 Å². The first-order chi connectivity index (χ1) is 13.9. The van der Waals surface area contributed by atoms with Crippen molar-refractivity contribution in [2.24, 2.45) is 0 Å². The summed E-state index contributed by atoms with van der Waals surface area (Å²) in [4.78, 5) is 37.8. The van der Waals surface area contributed by atoms with Gasteiger partial charge in [0.1, 0.15) is 0 Å². The molecule has 1 aliphatic heterocycles. The van der Waals surface area contributed by atoms with Crippen LogP contribution in [0, 0.1) is 20.2 Å². The van der Waals surface area contributed by atoms with Crippen LogP contribution < -0.4 is 4.90 Å². The van der Waals surface area contributed by atoms with Gasteiger partial charge < -0.3 is 0 Å². The summed E-state index contributed by atoms with van der Waals surface area (Å²) in [6.45, 7) is 0. The Hall–Kier alpha value is -3.24. The van der Waals surface area contributed by atoms with E-state index in [0.29, 0.717) is 11.4 Å². The molecule has 0 N–H and O–H groups in total. The van der Waals surface area contributed by atoms with Gasteiger partial charge in [0.15, 0.2) is 4.47 Å². The average Bonchev–Trinajstić information content (AvgIpc) is 2.71. The normalized spacial score (nSPS) is 12.1. The highest BCUT2D eigenvalue weighted by Gasteiger charge is 2.32. The van der Waals surface area contributed by atoms with E-state index in [9.17, 15) is 25.0 Å². The van der Waals surface area contributed by atoms with Gasteiger partial charge in [-0.3, -0.25) is 29.9 Å². The van der Waals surface area contributed by atoms with Gasteiger partial charge in [-0.2, -0.15) is 0 Å². The number of para-hydroxylation sites is 2. The van der Waals surface area contributed by atoms with E-state index in [1.54, 1.807) is 24.3 Å². The molecule has 3 aromatic carbocycles. The molecule has 29 heavy (non-hydrogen) atoms. The number of nitrogens with zero attached hydrogens (tertiary/aromatic N) is 3. The molecule has 4 rings (SSSR count). The zero-order valence-electron chi connectivity index (χ0n) is 14.4. The smallest absolute Gasteiger partial charge is 0.275 e. The number of nitro groups is 2. The lowest BCUT2D eigenvalue weighted by Gasteiger charge is -2.31. The lowest BCUT2D eigenvalue weighted by molar-refractivity contribution is -0.395. The summed E-state index contributed by atoms with van der Waals surface area (Å²) in [5, 5.41) is 22.7. The molecule has 0 atom stereocenters. The number of hydrogen-bond donors (Lipinski definition) is 0. The molecule has 8 nitrogen and oxygen atoms in total. The van der Waals surface area contributed by atoms with Gasteiger partial charge in [0.25, 0.3) is 17.3 Å². The number of fused-ring (bicyclic) bond motifs is 2. The van der Waals surface area contributed by atoms with Gasteiger partial charge >= 0.3 is 0 Å². The van der Waals surface area contributed by atoms with Crippen LogP contribution in [-0.4, -0.2) is 15.8 Å². The van der Waals surface area contributed by atoms with Crippen LogP contribution >= 0.6 is 27.7 Å². The second-order valence-electron chi connectivity index (χ2n) is 6.02. The summed E-state index contributed by atoms with van der Waals surface area (Å²) < 4.78 is -0.279. The summed E-state index contributed by atoms with van der Waals surface area (Å²) >= 11 is 4.40. The Bertz CT molecular complexity index is 1120. The van der Waals surface area contributed by atoms with Crippen molar-refractivity contribution in [3.8, 4) is 0 Å². The molecule has 10 heteroatoms. The van der Waals surface area contributed by atoms with Crippen molar-refractivity contribution < 1.29 is 14.6 Å². The SMILES string of the molecule is O=C(c1cc([N+](=O)[O-])c(Br)c([N+](=O)[O-])c1)N1c2ccccc2Sc2ccccc21. The third-order valence-corrected chi connectivity index (χ3v) is 6.25. The fourth-order valence-electron chi connectivity index (χ4n) is 3.04. The van der Waals surface area contributed by atoms with Gasteiger partial charge in [-0.05, 0) is 40.2 Å². The van der Waals surface area contributed by atoms with Crippen LogP contribution in [0.4, 0.5) is 22.7 Å². The second-order valence-corrected chi connectivity index (χ2v) is 7.90. The summed E-state index contributed by atoms with van der Waals surface area (Å²) in [5.74, 6) is -0.594. The zero-order valence-corrected chi connectivity index (χ0v) is 16.8. The molecule has 1 aliphatic rings. The molecule has 0 unspecified atom stereocenters. The minimum absolute atomic E-state index is 0.150. The summed E-state index contributed by atoms with van der Waals surface area (Å²) in [6.07, 6.45) is 0. The van der Waals surface area contributed by atoms with E-state index in [4.69, 9.17) is 0 Å². The van der Waals surface area contributed by atoms with Crippen LogP contribution in [0.25, 0.3) is 0 Å². The maximum Gasteiger partial charge on any atom is 0.291 e. The molecule has 0 fully saturated rings. The molecule has 0 spiro atoms. The Balaban J connectivity index is 1.92. The van der Waals surface area contributed by atoms with Crippen molar-refractivity contribution >= 4 is 56.3 Å². The number of rotatable bonds is 3. The predicted octanol–water partition coefficient (Wildman–Crippen LogP) is 5.71. The molecule has 0 saturated heterocycles. The Labute approximate surface area is 176 Å². The standard InChI is InChI=1S/C19H10BrN3O5S/c20-18-14(22(25)26)9-11(10-15(18)23(27)28)19(24)21-12-5-1-3-7-16(12)29-17-8-4-2-6-13(17)21/h1-10H. The van der Waals surface area contributed by atoms with Gasteiger partial charge in [0, 0.05) is 21.9 Å². The number of hydrogen-bond acceptors (Lipinski definition) is 6. The number of nitro benzene ring substituents is 2. The van der Waals surface area contributed by atoms with Crippen LogP contribution in [0.15, 0.2) is 74.9 Å². The van der Waals surface area contributed by atoms with E-state index in [0.717, 1.165) is 21.9 Å². The van der Waals surface area contributed by atoms with E-state index < -0.39 is 27.1 Å². The molecule has 0 aliphatic carbocycles. The van der Waals surface area contributed by atoms with Crippen LogP contribution in [0.2, 0.25) is 0 Å². The fraction of sp³-hybridized carbons (Fsp3) is 0. The third-order valence-electron chi connectivity index (χ3n) is 4.31. The lowest BCUT2D eigenvalue weighted by atomic mass is 10.1. The first kappa shape index (κ1) is 19.1. The van der Waals surface area contributed by atoms with Crippen molar-refractivity contribution in [1.29, 1.82) is 0 Å². The number of benzene rings is 3. The molecular formula is C19H10BrN3O5S. The van der Waals surface area contributed by atoms with Crippen LogP contribution in [0.1, 0.15) is 10.4 Å². The van der Waals surface area contributed by atoms with E-state index in [1.165, 1.54) is 16.7 Å². The van der Waals surface area contributed by atoms with E-state index >= 15 is 0 Å². The minimum Gasteiger partial charge on any atom is -0.275 e. The van der Waals surface area contributed by atoms with Crippen molar-refractivity contribution in [2.75, 3.05) is 4.90 Å². The van der Waals surface area contributed by atoms with Crippen molar-refractivity contribution in [2.45, 2.75) is 9.79 Å². The quantitative estimate of drug-likeness (QED) is 0.357. The largest absolute Gasteiger partial charge is 0.291 e. The summed E-state index contributed by atoms with van der Waals surface area (Å²) in [6, 6.07) is 16.6. The number of amides is 1. The van der Waals surface area contributed by atoms with Crippen molar-refractivity contribution in [3.63, 3.8) is 0 Å². The molecule has 0 saturated carbocycles. The topological polar surface area (TPSA) is 107 Å². The molecule has 0 aromatic heterocycles. The average molecular weight is 472 g/mol. The molecule has 144 valence electrons. The number of halogens is 1. The molecule has 3 aromatic rings. The molecule has 0 radical (unpaired) electrons. The lowest BCUT2D eigenvalue weighted by Crippen LogP contribution is -2.28. The first-order valence-corrected chi connectivity index (χ1v) is 9.82. The summed E-state index contributed by atoms with van der Waals surface area (Å²) in [5.41, 5.74) is -0.0297. The monoisotopic (exact) mass is 471 g/mol. The Morgan fingerprint density at radius 3 is 1.76 bits per heavy atom. The molecular weight excluding hydrogens is 462 g/mol. The van der Waals surface area contributed by atoms with Crippen molar-refractivity contribution in [3.05, 3.63) is 90.9 Å². The van der Waals surface area contributed by atoms with Gasteiger partial charge in [0.2, 0.25) is 0 Å². The maximum absolute atomic E-state index is 13.4. The molecule has 1 heterocycles. The van der Waals surface area contributed by atoms with E-state index in [-0.39, 0.29) is 10.0 Å². The van der Waals surface area contributed by atoms with Gasteiger partial charge in [-0.1, -0.05) is 36.0 Å². The molecule has 1 amide bonds. The first-order valence-electron chi connectivity index (χ1n) is 8.21. The van der Waals surface area contributed by atoms with Crippen molar-refractivity contribution in [1.82, 2.24) is 0 Å². The molecule has 0 bridgehead atoms. The van der Waals surface area contributed by atoms with Gasteiger partial charge in [-0.15, -0.1) is 0 Å². The zero-order chi connectivity index (χ0) is 20.7. The minimum atomic E-state index is -0.762. The van der Waals surface area contributed by atoms with Gasteiger partial charge in [0.05, 0.1) is 26.8 Å². The summed E-state index contributed by atoms with van der Waals surface area (Å²) in [7, 11) is 0. The third kappa shape index (κ3) is 3.26. The van der Waals surface area contributed by atoms with E-state index in [1.807, 2.05) is 24.3 Å². The highest BCUT2D eigenvalue weighted by atomic mass is 79.9. The fourth-order valence-corrected chi connectivity index (χ4v) is 4.61. The number of carbonyl (C=O) groups excluding carboxylic acids is 1. The van der Waals surface area contributed by atoms with Crippen LogP contribution in [0.5, 0.6) is 0 Å². The second kappa shape index (κ2) is 7.30.